The van der Waals surface area contributed by atoms with Crippen molar-refractivity contribution < 1.29 is 9.53 Å². The highest BCUT2D eigenvalue weighted by molar-refractivity contribution is 6.33. The van der Waals surface area contributed by atoms with Crippen LogP contribution < -0.4 is 5.32 Å². The Morgan fingerprint density at radius 3 is 2.52 bits per heavy atom. The Bertz CT molecular complexity index is 586. The van der Waals surface area contributed by atoms with E-state index in [1.807, 2.05) is 61.5 Å². The first-order valence-corrected chi connectivity index (χ1v) is 7.23. The van der Waals surface area contributed by atoms with Crippen LogP contribution in [0.25, 0.3) is 0 Å². The van der Waals surface area contributed by atoms with Crippen LogP contribution in [0.4, 0.5) is 5.69 Å². The van der Waals surface area contributed by atoms with Crippen molar-refractivity contribution in [3.8, 4) is 0 Å². The summed E-state index contributed by atoms with van der Waals surface area (Å²) in [6, 6.07) is 17.1. The summed E-state index contributed by atoms with van der Waals surface area (Å²) < 4.78 is 5.30. The molecule has 21 heavy (non-hydrogen) atoms. The highest BCUT2D eigenvalue weighted by Crippen LogP contribution is 2.20. The molecule has 0 saturated heterocycles. The number of ether oxygens (including phenoxy) is 1. The molecular formula is C17H18ClNO2. The van der Waals surface area contributed by atoms with E-state index < -0.39 is 0 Å². The monoisotopic (exact) mass is 303 g/mol. The summed E-state index contributed by atoms with van der Waals surface area (Å²) in [7, 11) is 0. The molecule has 0 bridgehead atoms. The fourth-order valence-corrected chi connectivity index (χ4v) is 2.02. The van der Waals surface area contributed by atoms with Gasteiger partial charge in [-0.15, -0.1) is 0 Å². The second-order valence-electron chi connectivity index (χ2n) is 4.86. The van der Waals surface area contributed by atoms with E-state index in [9.17, 15) is 4.79 Å². The number of carbonyl (C=O) groups excluding carboxylic acids is 1. The molecule has 3 nitrogen and oxygen atoms in total. The van der Waals surface area contributed by atoms with Gasteiger partial charge in [0.15, 0.2) is 0 Å². The van der Waals surface area contributed by atoms with Crippen LogP contribution in [0.5, 0.6) is 0 Å². The molecule has 0 spiro atoms. The third-order valence-corrected chi connectivity index (χ3v) is 3.43. The van der Waals surface area contributed by atoms with Crippen LogP contribution >= 0.6 is 11.6 Å². The maximum absolute atomic E-state index is 11.9. The van der Waals surface area contributed by atoms with Crippen molar-refractivity contribution in [2.75, 3.05) is 11.9 Å². The molecule has 0 aromatic heterocycles. The maximum Gasteiger partial charge on any atom is 0.310 e. The minimum atomic E-state index is -0.245. The maximum atomic E-state index is 11.9. The number of benzene rings is 2. The Hall–Kier alpha value is -2.00. The van der Waals surface area contributed by atoms with Gasteiger partial charge in [-0.25, -0.2) is 0 Å². The van der Waals surface area contributed by atoms with Crippen LogP contribution in [0.2, 0.25) is 5.02 Å². The van der Waals surface area contributed by atoms with E-state index in [4.69, 9.17) is 16.3 Å². The first-order valence-electron chi connectivity index (χ1n) is 6.86. The zero-order chi connectivity index (χ0) is 15.1. The molecule has 1 N–H and O–H groups in total. The average Bonchev–Trinajstić information content (AvgIpc) is 2.52. The number of hydrogen-bond donors (Lipinski definition) is 1. The number of carbonyl (C=O) groups is 1. The molecular weight excluding hydrogens is 286 g/mol. The van der Waals surface area contributed by atoms with Gasteiger partial charge in [0.05, 0.1) is 16.6 Å². The number of esters is 1. The van der Waals surface area contributed by atoms with E-state index in [0.717, 1.165) is 11.3 Å². The number of rotatable bonds is 6. The van der Waals surface area contributed by atoms with Gasteiger partial charge in [0.25, 0.3) is 0 Å². The molecule has 0 aliphatic rings. The summed E-state index contributed by atoms with van der Waals surface area (Å²) in [4.78, 5) is 11.9. The number of anilines is 1. The van der Waals surface area contributed by atoms with Crippen LogP contribution in [0.15, 0.2) is 54.6 Å². The van der Waals surface area contributed by atoms with E-state index >= 15 is 0 Å². The first kappa shape index (κ1) is 15.4. The molecule has 4 heteroatoms. The molecule has 1 atom stereocenters. The van der Waals surface area contributed by atoms with Gasteiger partial charge >= 0.3 is 5.97 Å². The van der Waals surface area contributed by atoms with Crippen molar-refractivity contribution in [1.82, 2.24) is 0 Å². The summed E-state index contributed by atoms with van der Waals surface area (Å²) >= 11 is 6.05. The Kier molecular flexibility index (Phi) is 5.64. The lowest BCUT2D eigenvalue weighted by Gasteiger charge is -2.14. The summed E-state index contributed by atoms with van der Waals surface area (Å²) in [5.41, 5.74) is 1.80. The van der Waals surface area contributed by atoms with Gasteiger partial charge in [0.2, 0.25) is 0 Å². The lowest BCUT2D eigenvalue weighted by atomic mass is 10.2. The highest BCUT2D eigenvalue weighted by atomic mass is 35.5. The van der Waals surface area contributed by atoms with Crippen molar-refractivity contribution in [3.63, 3.8) is 0 Å². The Labute approximate surface area is 129 Å². The predicted molar refractivity (Wildman–Crippen MR) is 85.3 cm³/mol. The molecule has 1 unspecified atom stereocenters. The summed E-state index contributed by atoms with van der Waals surface area (Å²) in [6.45, 7) is 2.62. The second-order valence-corrected chi connectivity index (χ2v) is 5.26. The third-order valence-electron chi connectivity index (χ3n) is 3.10. The zero-order valence-electron chi connectivity index (χ0n) is 11.9. The summed E-state index contributed by atoms with van der Waals surface area (Å²) in [6.07, 6.45) is 0. The molecule has 110 valence electrons. The van der Waals surface area contributed by atoms with Crippen molar-refractivity contribution in [1.29, 1.82) is 0 Å². The van der Waals surface area contributed by atoms with E-state index in [1.54, 1.807) is 0 Å². The van der Waals surface area contributed by atoms with E-state index in [-0.39, 0.29) is 11.9 Å². The normalized spacial score (nSPS) is 11.7. The predicted octanol–water partition coefficient (Wildman–Crippen LogP) is 4.13. The number of nitrogens with one attached hydrogen (secondary N) is 1. The van der Waals surface area contributed by atoms with Gasteiger partial charge in [-0.3, -0.25) is 4.79 Å². The fraction of sp³-hybridized carbons (Fsp3) is 0.235. The molecule has 0 aliphatic carbocycles. The second kappa shape index (κ2) is 7.70. The minimum Gasteiger partial charge on any atom is -0.461 e. The van der Waals surface area contributed by atoms with Gasteiger partial charge in [0, 0.05) is 6.54 Å². The Morgan fingerprint density at radius 1 is 1.14 bits per heavy atom. The third kappa shape index (κ3) is 4.80. The molecule has 0 heterocycles. The molecule has 0 saturated carbocycles. The van der Waals surface area contributed by atoms with Crippen LogP contribution in [0.3, 0.4) is 0 Å². The lowest BCUT2D eigenvalue weighted by Crippen LogP contribution is -2.22. The number of para-hydroxylation sites is 1. The quantitative estimate of drug-likeness (QED) is 0.815. The highest BCUT2D eigenvalue weighted by Gasteiger charge is 2.14. The van der Waals surface area contributed by atoms with Crippen LogP contribution in [0.1, 0.15) is 12.5 Å². The molecule has 0 radical (unpaired) electrons. The zero-order valence-corrected chi connectivity index (χ0v) is 12.6. The van der Waals surface area contributed by atoms with Crippen molar-refractivity contribution >= 4 is 23.3 Å². The number of hydrogen-bond acceptors (Lipinski definition) is 3. The van der Waals surface area contributed by atoms with Crippen LogP contribution in [0, 0.1) is 5.92 Å². The summed E-state index contributed by atoms with van der Waals surface area (Å²) in [5.74, 6) is -0.469. The van der Waals surface area contributed by atoms with Crippen molar-refractivity contribution in [2.24, 2.45) is 5.92 Å². The molecule has 0 fully saturated rings. The van der Waals surface area contributed by atoms with Gasteiger partial charge in [-0.05, 0) is 17.7 Å². The average molecular weight is 304 g/mol. The standard InChI is InChI=1S/C17H18ClNO2/c1-13(11-19-16-10-6-5-9-15(16)18)17(20)21-12-14-7-3-2-4-8-14/h2-10,13,19H,11-12H2,1H3. The molecule has 2 aromatic rings. The Morgan fingerprint density at radius 2 is 1.81 bits per heavy atom. The molecule has 2 aromatic carbocycles. The van der Waals surface area contributed by atoms with E-state index in [0.29, 0.717) is 18.2 Å². The van der Waals surface area contributed by atoms with E-state index in [2.05, 4.69) is 5.32 Å². The van der Waals surface area contributed by atoms with Gasteiger partial charge in [0.1, 0.15) is 6.61 Å². The first-order chi connectivity index (χ1) is 10.2. The van der Waals surface area contributed by atoms with Crippen molar-refractivity contribution in [3.05, 3.63) is 65.2 Å². The lowest BCUT2D eigenvalue weighted by molar-refractivity contribution is -0.148. The molecule has 2 rings (SSSR count). The molecule has 0 aliphatic heterocycles. The Balaban J connectivity index is 1.79. The van der Waals surface area contributed by atoms with Crippen LogP contribution in [-0.2, 0) is 16.1 Å². The smallest absolute Gasteiger partial charge is 0.310 e. The fourth-order valence-electron chi connectivity index (χ4n) is 1.82. The SMILES string of the molecule is CC(CNc1ccccc1Cl)C(=O)OCc1ccccc1. The summed E-state index contributed by atoms with van der Waals surface area (Å²) in [5, 5.41) is 3.80. The largest absolute Gasteiger partial charge is 0.461 e. The number of halogens is 1. The van der Waals surface area contributed by atoms with E-state index in [1.165, 1.54) is 0 Å². The van der Waals surface area contributed by atoms with Gasteiger partial charge < -0.3 is 10.1 Å². The van der Waals surface area contributed by atoms with Gasteiger partial charge in [-0.1, -0.05) is 61.0 Å². The topological polar surface area (TPSA) is 38.3 Å². The van der Waals surface area contributed by atoms with Gasteiger partial charge in [-0.2, -0.15) is 0 Å². The van der Waals surface area contributed by atoms with Crippen LogP contribution in [-0.4, -0.2) is 12.5 Å². The van der Waals surface area contributed by atoms with Crippen molar-refractivity contribution in [2.45, 2.75) is 13.5 Å². The molecule has 0 amide bonds. The minimum absolute atomic E-state index is 0.224.